The fourth-order valence-corrected chi connectivity index (χ4v) is 3.14. The lowest BCUT2D eigenvalue weighted by molar-refractivity contribution is -0.132. The Hall–Kier alpha value is -0.610. The van der Waals surface area contributed by atoms with Crippen molar-refractivity contribution in [2.45, 2.75) is 58.7 Å². The number of carbonyl (C=O) groups is 1. The summed E-state index contributed by atoms with van der Waals surface area (Å²) in [6.45, 7) is 8.97. The highest BCUT2D eigenvalue weighted by Gasteiger charge is 2.40. The van der Waals surface area contributed by atoms with Gasteiger partial charge in [0.25, 0.3) is 0 Å². The molecule has 1 amide bonds. The largest absolute Gasteiger partial charge is 0.381 e. The van der Waals surface area contributed by atoms with E-state index in [4.69, 9.17) is 4.74 Å². The lowest BCUT2D eigenvalue weighted by Gasteiger charge is -2.30. The third kappa shape index (κ3) is 3.48. The first-order valence-corrected chi connectivity index (χ1v) is 7.77. The van der Waals surface area contributed by atoms with E-state index in [2.05, 4.69) is 31.0 Å². The highest BCUT2D eigenvalue weighted by atomic mass is 16.5. The molecule has 0 aromatic rings. The van der Waals surface area contributed by atoms with Gasteiger partial charge in [0.05, 0.1) is 18.8 Å². The van der Waals surface area contributed by atoms with Crippen LogP contribution in [0.15, 0.2) is 0 Å². The molecule has 2 saturated heterocycles. The van der Waals surface area contributed by atoms with Crippen LogP contribution < -0.4 is 5.32 Å². The molecule has 4 heteroatoms. The van der Waals surface area contributed by atoms with Crippen LogP contribution in [0.25, 0.3) is 0 Å². The van der Waals surface area contributed by atoms with Gasteiger partial charge in [0.15, 0.2) is 0 Å². The van der Waals surface area contributed by atoms with Crippen molar-refractivity contribution in [2.24, 2.45) is 11.8 Å². The molecule has 0 saturated carbocycles. The molecule has 0 aromatic heterocycles. The molecule has 4 nitrogen and oxygen atoms in total. The maximum atomic E-state index is 12.5. The van der Waals surface area contributed by atoms with Crippen LogP contribution >= 0.6 is 0 Å². The molecule has 19 heavy (non-hydrogen) atoms. The second kappa shape index (κ2) is 6.71. The van der Waals surface area contributed by atoms with Crippen LogP contribution in [0.4, 0.5) is 0 Å². The number of nitrogens with one attached hydrogen (secondary N) is 1. The van der Waals surface area contributed by atoms with Crippen LogP contribution in [0.2, 0.25) is 0 Å². The van der Waals surface area contributed by atoms with Crippen molar-refractivity contribution in [3.05, 3.63) is 0 Å². The van der Waals surface area contributed by atoms with Gasteiger partial charge in [-0.15, -0.1) is 0 Å². The molecular weight excluding hydrogens is 240 g/mol. The predicted octanol–water partition coefficient (Wildman–Crippen LogP) is 2.00. The molecule has 3 unspecified atom stereocenters. The summed E-state index contributed by atoms with van der Waals surface area (Å²) in [4.78, 5) is 14.6. The van der Waals surface area contributed by atoms with Gasteiger partial charge in [-0.2, -0.15) is 0 Å². The lowest BCUT2D eigenvalue weighted by Crippen LogP contribution is -2.42. The Labute approximate surface area is 116 Å². The summed E-state index contributed by atoms with van der Waals surface area (Å²) in [7, 11) is 0. The highest BCUT2D eigenvalue weighted by Crippen LogP contribution is 2.23. The Kier molecular flexibility index (Phi) is 5.22. The molecule has 0 aliphatic carbocycles. The summed E-state index contributed by atoms with van der Waals surface area (Å²) in [5.74, 6) is 1.17. The molecule has 0 spiro atoms. The van der Waals surface area contributed by atoms with Gasteiger partial charge < -0.3 is 9.64 Å². The van der Waals surface area contributed by atoms with Crippen LogP contribution in [-0.2, 0) is 9.53 Å². The zero-order valence-corrected chi connectivity index (χ0v) is 12.5. The average molecular weight is 268 g/mol. The maximum Gasteiger partial charge on any atom is 0.241 e. The Bertz CT molecular complexity index is 301. The van der Waals surface area contributed by atoms with Gasteiger partial charge in [0, 0.05) is 19.1 Å². The van der Waals surface area contributed by atoms with Gasteiger partial charge in [0.2, 0.25) is 5.91 Å². The van der Waals surface area contributed by atoms with Gasteiger partial charge in [-0.05, 0) is 25.2 Å². The maximum absolute atomic E-state index is 12.5. The van der Waals surface area contributed by atoms with E-state index in [0.29, 0.717) is 17.7 Å². The van der Waals surface area contributed by atoms with Crippen molar-refractivity contribution in [1.82, 2.24) is 10.2 Å². The zero-order valence-electron chi connectivity index (χ0n) is 12.5. The van der Waals surface area contributed by atoms with E-state index in [9.17, 15) is 4.79 Å². The molecule has 2 heterocycles. The number of hydrogen-bond acceptors (Lipinski definition) is 3. The van der Waals surface area contributed by atoms with Crippen molar-refractivity contribution < 1.29 is 9.53 Å². The first-order chi connectivity index (χ1) is 9.13. The molecule has 0 aromatic carbocycles. The molecule has 0 bridgehead atoms. The minimum Gasteiger partial charge on any atom is -0.381 e. The normalized spacial score (nSPS) is 32.3. The number of rotatable bonds is 5. The highest BCUT2D eigenvalue weighted by molar-refractivity contribution is 5.84. The van der Waals surface area contributed by atoms with E-state index in [1.807, 2.05) is 0 Å². The van der Waals surface area contributed by atoms with Gasteiger partial charge in [-0.1, -0.05) is 27.2 Å². The molecule has 3 atom stereocenters. The zero-order chi connectivity index (χ0) is 13.8. The third-order valence-corrected chi connectivity index (χ3v) is 4.24. The van der Waals surface area contributed by atoms with Crippen LogP contribution in [-0.4, -0.2) is 42.8 Å². The van der Waals surface area contributed by atoms with E-state index in [-0.39, 0.29) is 12.2 Å². The van der Waals surface area contributed by atoms with Crippen LogP contribution in [0.3, 0.4) is 0 Å². The first-order valence-electron chi connectivity index (χ1n) is 7.77. The lowest BCUT2D eigenvalue weighted by atomic mass is 10.0. The van der Waals surface area contributed by atoms with Gasteiger partial charge >= 0.3 is 0 Å². The summed E-state index contributed by atoms with van der Waals surface area (Å²) in [6.07, 6.45) is 4.70. The van der Waals surface area contributed by atoms with Crippen molar-refractivity contribution in [2.75, 3.05) is 19.8 Å². The second-order valence-corrected chi connectivity index (χ2v) is 6.27. The summed E-state index contributed by atoms with van der Waals surface area (Å²) < 4.78 is 5.54. The summed E-state index contributed by atoms with van der Waals surface area (Å²) in [5.41, 5.74) is 0. The quantitative estimate of drug-likeness (QED) is 0.829. The number of carbonyl (C=O) groups excluding carboxylic acids is 1. The minimum absolute atomic E-state index is 0.000980. The molecule has 2 aliphatic heterocycles. The summed E-state index contributed by atoms with van der Waals surface area (Å²) in [5, 5.41) is 3.52. The van der Waals surface area contributed by atoms with Gasteiger partial charge in [-0.3, -0.25) is 10.1 Å². The fraction of sp³-hybridized carbons (Fsp3) is 0.933. The van der Waals surface area contributed by atoms with Crippen LogP contribution in [0, 0.1) is 11.8 Å². The second-order valence-electron chi connectivity index (χ2n) is 6.27. The van der Waals surface area contributed by atoms with Gasteiger partial charge in [0.1, 0.15) is 0 Å². The Morgan fingerprint density at radius 1 is 1.47 bits per heavy atom. The summed E-state index contributed by atoms with van der Waals surface area (Å²) in [6, 6.07) is 0.000980. The molecule has 2 fully saturated rings. The monoisotopic (exact) mass is 268 g/mol. The fourth-order valence-electron chi connectivity index (χ4n) is 3.14. The number of hydrogen-bond donors (Lipinski definition) is 1. The van der Waals surface area contributed by atoms with E-state index in [1.54, 1.807) is 0 Å². The number of amides is 1. The SMILES string of the molecule is CCCC1NC(C(C)C)C(=O)N1CC1CCCOC1. The third-order valence-electron chi connectivity index (χ3n) is 4.24. The smallest absolute Gasteiger partial charge is 0.241 e. The molecule has 2 aliphatic rings. The number of ether oxygens (including phenoxy) is 1. The van der Waals surface area contributed by atoms with Crippen LogP contribution in [0.5, 0.6) is 0 Å². The molecule has 0 radical (unpaired) electrons. The number of nitrogens with zero attached hydrogens (tertiary/aromatic N) is 1. The first kappa shape index (κ1) is 14.8. The Balaban J connectivity index is 1.99. The standard InChI is InChI=1S/C15H28N2O2/c1-4-6-13-16-14(11(2)3)15(18)17(13)9-12-7-5-8-19-10-12/h11-14,16H,4-10H2,1-3H3. The van der Waals surface area contributed by atoms with E-state index < -0.39 is 0 Å². The predicted molar refractivity (Wildman–Crippen MR) is 75.7 cm³/mol. The molecular formula is C15H28N2O2. The van der Waals surface area contributed by atoms with Crippen LogP contribution in [0.1, 0.15) is 46.5 Å². The molecule has 110 valence electrons. The van der Waals surface area contributed by atoms with Gasteiger partial charge in [-0.25, -0.2) is 0 Å². The van der Waals surface area contributed by atoms with Crippen molar-refractivity contribution in [1.29, 1.82) is 0 Å². The molecule has 1 N–H and O–H groups in total. The van der Waals surface area contributed by atoms with Crippen molar-refractivity contribution in [3.63, 3.8) is 0 Å². The Morgan fingerprint density at radius 3 is 2.84 bits per heavy atom. The van der Waals surface area contributed by atoms with Crippen molar-refractivity contribution in [3.8, 4) is 0 Å². The minimum atomic E-state index is 0.000980. The van der Waals surface area contributed by atoms with Crippen molar-refractivity contribution >= 4 is 5.91 Å². The van der Waals surface area contributed by atoms with E-state index in [0.717, 1.165) is 39.0 Å². The van der Waals surface area contributed by atoms with E-state index >= 15 is 0 Å². The topological polar surface area (TPSA) is 41.6 Å². The summed E-state index contributed by atoms with van der Waals surface area (Å²) >= 11 is 0. The van der Waals surface area contributed by atoms with E-state index in [1.165, 1.54) is 6.42 Å². The Morgan fingerprint density at radius 2 is 2.26 bits per heavy atom. The molecule has 2 rings (SSSR count). The average Bonchev–Trinajstić information content (AvgIpc) is 2.70.